The van der Waals surface area contributed by atoms with Gasteiger partial charge >= 0.3 is 60.5 Å². The summed E-state index contributed by atoms with van der Waals surface area (Å²) in [6.07, 6.45) is 1.11. The minimum atomic E-state index is -2.78. The Morgan fingerprint density at radius 2 is 2.00 bits per heavy atom. The van der Waals surface area contributed by atoms with Crippen LogP contribution in [0.4, 0.5) is 0 Å². The molecule has 1 rings (SSSR count). The summed E-state index contributed by atoms with van der Waals surface area (Å²) in [7, 11) is 3.37. The van der Waals surface area contributed by atoms with E-state index in [1.807, 2.05) is 0 Å². The van der Waals surface area contributed by atoms with Crippen molar-refractivity contribution in [3.63, 3.8) is 0 Å². The third-order valence-corrected chi connectivity index (χ3v) is 9.72. The maximum atomic E-state index is 5.40. The van der Waals surface area contributed by atoms with Gasteiger partial charge in [0, 0.05) is 0 Å². The second kappa shape index (κ2) is 3.18. The van der Waals surface area contributed by atoms with Crippen molar-refractivity contribution in [3.05, 3.63) is 0 Å². The van der Waals surface area contributed by atoms with Crippen LogP contribution in [0.15, 0.2) is 0 Å². The zero-order valence-electron chi connectivity index (χ0n) is 5.85. The molecule has 0 radical (unpaired) electrons. The van der Waals surface area contributed by atoms with Gasteiger partial charge in [0.1, 0.15) is 0 Å². The molecule has 0 saturated carbocycles. The zero-order chi connectivity index (χ0) is 6.74. The van der Waals surface area contributed by atoms with E-state index in [9.17, 15) is 0 Å². The topological polar surface area (TPSA) is 27.7 Å². The summed E-state index contributed by atoms with van der Waals surface area (Å²) in [4.78, 5) is 0. The predicted octanol–water partition coefficient (Wildman–Crippen LogP) is 0.638. The quantitative estimate of drug-likeness (QED) is 0.661. The first-order valence-corrected chi connectivity index (χ1v) is 8.58. The fourth-order valence-corrected chi connectivity index (χ4v) is 6.67. The van der Waals surface area contributed by atoms with Gasteiger partial charge in [-0.1, -0.05) is 0 Å². The Labute approximate surface area is 60.8 Å². The summed E-state index contributed by atoms with van der Waals surface area (Å²) in [5, 5.41) is 0. The van der Waals surface area contributed by atoms with Crippen LogP contribution in [0.25, 0.3) is 0 Å². The van der Waals surface area contributed by atoms with Gasteiger partial charge in [-0.05, 0) is 0 Å². The number of rotatable bonds is 2. The van der Waals surface area contributed by atoms with Crippen LogP contribution in [0.1, 0.15) is 6.42 Å². The maximum absolute atomic E-state index is 5.40. The molecule has 0 bridgehead atoms. The molecule has 0 unspecified atom stereocenters. The normalized spacial score (nSPS) is 24.7. The third-order valence-electron chi connectivity index (χ3n) is 1.57. The molecule has 1 heterocycles. The predicted molar refractivity (Wildman–Crippen MR) is 35.1 cm³/mol. The molecule has 0 N–H and O–H groups in total. The van der Waals surface area contributed by atoms with Crippen molar-refractivity contribution in [3.8, 4) is 0 Å². The second-order valence-corrected chi connectivity index (χ2v) is 10.5. The molecule has 1 saturated heterocycles. The van der Waals surface area contributed by atoms with E-state index in [0.29, 0.717) is 0 Å². The average molecular weight is 239 g/mol. The first kappa shape index (κ1) is 7.78. The van der Waals surface area contributed by atoms with Gasteiger partial charge in [0.25, 0.3) is 0 Å². The van der Waals surface area contributed by atoms with E-state index >= 15 is 0 Å². The molecule has 0 spiro atoms. The van der Waals surface area contributed by atoms with Crippen LogP contribution in [-0.4, -0.2) is 40.4 Å². The average Bonchev–Trinajstić information content (AvgIpc) is 2.36. The Kier molecular flexibility index (Phi) is 2.75. The van der Waals surface area contributed by atoms with E-state index < -0.39 is 19.6 Å². The molecule has 1 aliphatic rings. The van der Waals surface area contributed by atoms with Crippen molar-refractivity contribution < 1.29 is 9.22 Å². The van der Waals surface area contributed by atoms with Gasteiger partial charge in [0.15, 0.2) is 0 Å². The van der Waals surface area contributed by atoms with Crippen LogP contribution in [0, 0.1) is 0 Å². The van der Waals surface area contributed by atoms with Crippen molar-refractivity contribution in [1.29, 1.82) is 0 Å². The monoisotopic (exact) mass is 240 g/mol. The Morgan fingerprint density at radius 3 is 2.22 bits per heavy atom. The van der Waals surface area contributed by atoms with Gasteiger partial charge in [-0.25, -0.2) is 0 Å². The third kappa shape index (κ3) is 1.57. The first-order chi connectivity index (χ1) is 4.33. The number of hydrogen-bond acceptors (Lipinski definition) is 3. The molecule has 54 valence electrons. The van der Waals surface area contributed by atoms with Crippen molar-refractivity contribution >= 4 is 19.6 Å². The van der Waals surface area contributed by atoms with Crippen molar-refractivity contribution in [2.45, 2.75) is 10.9 Å². The van der Waals surface area contributed by atoms with Crippen LogP contribution in [0.2, 0.25) is 4.44 Å². The fourth-order valence-electron chi connectivity index (χ4n) is 0.994. The van der Waals surface area contributed by atoms with Gasteiger partial charge in [-0.2, -0.15) is 0 Å². The summed E-state index contributed by atoms with van der Waals surface area (Å²) < 4.78 is 16.9. The molecule has 0 atom stereocenters. The second-order valence-electron chi connectivity index (χ2n) is 2.04. The van der Waals surface area contributed by atoms with Crippen LogP contribution >= 0.6 is 0 Å². The number of hydrogen-bond donors (Lipinski definition) is 0. The van der Waals surface area contributed by atoms with Crippen LogP contribution in [-0.2, 0) is 9.22 Å². The molecule has 0 amide bonds. The summed E-state index contributed by atoms with van der Waals surface area (Å²) in [5.74, 6) is 0. The molecule has 1 fully saturated rings. The Balaban J connectivity index is 2.45. The summed E-state index contributed by atoms with van der Waals surface area (Å²) >= 11 is -2.78. The van der Waals surface area contributed by atoms with Crippen LogP contribution in [0.3, 0.4) is 0 Å². The van der Waals surface area contributed by atoms with Crippen LogP contribution < -0.4 is 0 Å². The van der Waals surface area contributed by atoms with E-state index in [1.54, 1.807) is 14.2 Å². The van der Waals surface area contributed by atoms with Crippen molar-refractivity contribution in [2.24, 2.45) is 0 Å². The summed E-state index contributed by atoms with van der Waals surface area (Å²) in [5.41, 5.74) is 0. The Bertz CT molecular complexity index is 84.2. The Hall–Kier alpha value is 0.679. The fraction of sp³-hybridized carbons (Fsp3) is 1.00. The molecular weight excluding hydrogens is 227 g/mol. The molecule has 0 aromatic carbocycles. The SMILES string of the molecule is C[O][Sn]1([O]C)[CH2]CC[O]1. The van der Waals surface area contributed by atoms with E-state index in [0.717, 1.165) is 17.5 Å². The van der Waals surface area contributed by atoms with Gasteiger partial charge in [-0.15, -0.1) is 0 Å². The summed E-state index contributed by atoms with van der Waals surface area (Å²) in [6, 6.07) is 0. The van der Waals surface area contributed by atoms with Gasteiger partial charge in [0.05, 0.1) is 0 Å². The molecule has 4 heteroatoms. The van der Waals surface area contributed by atoms with Crippen molar-refractivity contribution in [1.82, 2.24) is 0 Å². The van der Waals surface area contributed by atoms with Gasteiger partial charge in [-0.3, -0.25) is 0 Å². The van der Waals surface area contributed by atoms with Crippen molar-refractivity contribution in [2.75, 3.05) is 20.8 Å². The molecular formula is C5H12O3Sn. The molecule has 0 aromatic heterocycles. The van der Waals surface area contributed by atoms with E-state index in [2.05, 4.69) is 0 Å². The van der Waals surface area contributed by atoms with E-state index in [4.69, 9.17) is 9.22 Å². The molecule has 0 aliphatic carbocycles. The summed E-state index contributed by atoms with van der Waals surface area (Å²) in [6.45, 7) is 0.831. The standard InChI is InChI=1S/C3H6O.2CH3O.Sn/c1-2-3-4;2*1-2;/h1-3H2;2*1H3;/q3*-1;+3. The first-order valence-electron chi connectivity index (χ1n) is 3.07. The van der Waals surface area contributed by atoms with Gasteiger partial charge in [0.2, 0.25) is 0 Å². The minimum absolute atomic E-state index is 0.831. The molecule has 9 heavy (non-hydrogen) atoms. The molecule has 1 aliphatic heterocycles. The Morgan fingerprint density at radius 1 is 1.33 bits per heavy atom. The molecule has 3 nitrogen and oxygen atoms in total. The van der Waals surface area contributed by atoms with E-state index in [-0.39, 0.29) is 0 Å². The van der Waals surface area contributed by atoms with E-state index in [1.165, 1.54) is 0 Å². The zero-order valence-corrected chi connectivity index (χ0v) is 8.70. The van der Waals surface area contributed by atoms with Gasteiger partial charge < -0.3 is 0 Å². The molecule has 0 aromatic rings. The van der Waals surface area contributed by atoms with Crippen LogP contribution in [0.5, 0.6) is 0 Å².